The Morgan fingerprint density at radius 3 is 2.19 bits per heavy atom. The summed E-state index contributed by atoms with van der Waals surface area (Å²) >= 11 is 0. The SMILES string of the molecule is C[C@H](Nc1cc(C(F)(F)F)c(F)cc1C(=O)O)C1(F)CCN(C(=O)OC(C)(C)C)CC1. The van der Waals surface area contributed by atoms with Gasteiger partial charge in [-0.1, -0.05) is 0 Å². The van der Waals surface area contributed by atoms with Crippen molar-refractivity contribution in [2.45, 2.75) is 64.0 Å². The van der Waals surface area contributed by atoms with Crippen LogP contribution in [0.4, 0.5) is 32.4 Å². The van der Waals surface area contributed by atoms with Gasteiger partial charge in [0.1, 0.15) is 17.1 Å². The highest BCUT2D eigenvalue weighted by Crippen LogP contribution is 2.37. The zero-order valence-electron chi connectivity index (χ0n) is 17.6. The lowest BCUT2D eigenvalue weighted by Gasteiger charge is -2.40. The van der Waals surface area contributed by atoms with Crippen LogP contribution >= 0.6 is 0 Å². The second-order valence-electron chi connectivity index (χ2n) is 8.55. The fourth-order valence-electron chi connectivity index (χ4n) is 3.27. The number of halogens is 5. The van der Waals surface area contributed by atoms with Crippen molar-refractivity contribution in [3.63, 3.8) is 0 Å². The number of anilines is 1. The third kappa shape index (κ3) is 5.98. The number of ether oxygens (including phenoxy) is 1. The molecule has 0 aromatic heterocycles. The van der Waals surface area contributed by atoms with Gasteiger partial charge in [-0.2, -0.15) is 13.2 Å². The number of aromatic carboxylic acids is 1. The van der Waals surface area contributed by atoms with E-state index >= 15 is 4.39 Å². The second kappa shape index (κ2) is 8.51. The van der Waals surface area contributed by atoms with Gasteiger partial charge in [0, 0.05) is 31.6 Å². The van der Waals surface area contributed by atoms with Gasteiger partial charge in [-0.05, 0) is 39.8 Å². The summed E-state index contributed by atoms with van der Waals surface area (Å²) in [6, 6.07) is -0.525. The summed E-state index contributed by atoms with van der Waals surface area (Å²) in [7, 11) is 0. The van der Waals surface area contributed by atoms with Crippen LogP contribution in [0.15, 0.2) is 12.1 Å². The lowest BCUT2D eigenvalue weighted by molar-refractivity contribution is -0.139. The first-order valence-electron chi connectivity index (χ1n) is 9.61. The fraction of sp³-hybridized carbons (Fsp3) is 0.600. The molecule has 1 atom stereocenters. The van der Waals surface area contributed by atoms with Crippen molar-refractivity contribution in [2.24, 2.45) is 0 Å². The highest BCUT2D eigenvalue weighted by Gasteiger charge is 2.42. The lowest BCUT2D eigenvalue weighted by atomic mass is 9.86. The van der Waals surface area contributed by atoms with Crippen molar-refractivity contribution < 1.29 is 41.4 Å². The number of likely N-dealkylation sites (tertiary alicyclic amines) is 1. The quantitative estimate of drug-likeness (QED) is 0.623. The molecule has 0 radical (unpaired) electrons. The smallest absolute Gasteiger partial charge is 0.419 e. The Bertz CT molecular complexity index is 843. The number of amides is 1. The first-order chi connectivity index (χ1) is 14.0. The van der Waals surface area contributed by atoms with E-state index in [-0.39, 0.29) is 32.0 Å². The van der Waals surface area contributed by atoms with Crippen molar-refractivity contribution in [3.05, 3.63) is 29.1 Å². The monoisotopic (exact) mass is 452 g/mol. The maximum Gasteiger partial charge on any atom is 0.419 e. The van der Waals surface area contributed by atoms with Crippen LogP contribution in [0, 0.1) is 5.82 Å². The Balaban J connectivity index is 2.19. The van der Waals surface area contributed by atoms with Crippen molar-refractivity contribution >= 4 is 17.7 Å². The van der Waals surface area contributed by atoms with Crippen LogP contribution in [0.25, 0.3) is 0 Å². The molecule has 2 N–H and O–H groups in total. The Labute approximate surface area is 176 Å². The van der Waals surface area contributed by atoms with E-state index in [4.69, 9.17) is 4.74 Å². The maximum absolute atomic E-state index is 15.5. The Morgan fingerprint density at radius 1 is 1.19 bits per heavy atom. The first-order valence-corrected chi connectivity index (χ1v) is 9.61. The van der Waals surface area contributed by atoms with Gasteiger partial charge in [-0.25, -0.2) is 18.4 Å². The van der Waals surface area contributed by atoms with Gasteiger partial charge in [0.05, 0.1) is 17.2 Å². The van der Waals surface area contributed by atoms with Crippen LogP contribution in [0.1, 0.15) is 56.5 Å². The molecule has 1 aromatic carbocycles. The molecule has 0 saturated carbocycles. The van der Waals surface area contributed by atoms with E-state index < -0.39 is 58.2 Å². The van der Waals surface area contributed by atoms with Gasteiger partial charge in [0.2, 0.25) is 0 Å². The molecule has 1 aliphatic heterocycles. The topological polar surface area (TPSA) is 78.9 Å². The molecule has 0 aliphatic carbocycles. The molecule has 1 heterocycles. The van der Waals surface area contributed by atoms with E-state index in [1.54, 1.807) is 20.8 Å². The highest BCUT2D eigenvalue weighted by atomic mass is 19.4. The highest BCUT2D eigenvalue weighted by molar-refractivity contribution is 5.94. The number of alkyl halides is 4. The molecule has 0 unspecified atom stereocenters. The molecular formula is C20H25F5N2O4. The predicted octanol–water partition coefficient (Wildman–Crippen LogP) is 5.08. The molecule has 11 heteroatoms. The molecule has 1 fully saturated rings. The Hall–Kier alpha value is -2.59. The molecule has 1 saturated heterocycles. The molecule has 174 valence electrons. The molecule has 6 nitrogen and oxygen atoms in total. The van der Waals surface area contributed by atoms with Crippen LogP contribution in [0.2, 0.25) is 0 Å². The van der Waals surface area contributed by atoms with Gasteiger partial charge < -0.3 is 20.1 Å². The minimum atomic E-state index is -5.05. The van der Waals surface area contributed by atoms with E-state index in [2.05, 4.69) is 5.32 Å². The number of piperidine rings is 1. The van der Waals surface area contributed by atoms with Gasteiger partial charge in [0.25, 0.3) is 0 Å². The number of rotatable bonds is 4. The van der Waals surface area contributed by atoms with Gasteiger partial charge >= 0.3 is 18.2 Å². The maximum atomic E-state index is 15.5. The minimum absolute atomic E-state index is 0.0143. The molecule has 0 spiro atoms. The fourth-order valence-corrected chi connectivity index (χ4v) is 3.27. The van der Waals surface area contributed by atoms with E-state index in [9.17, 15) is 32.3 Å². The summed E-state index contributed by atoms with van der Waals surface area (Å²) in [6.45, 7) is 6.46. The number of nitrogens with one attached hydrogen (secondary N) is 1. The summed E-state index contributed by atoms with van der Waals surface area (Å²) in [4.78, 5) is 24.8. The number of carbonyl (C=O) groups is 2. The standard InChI is InChI=1S/C20H25F5N2O4/c1-11(19(22)5-7-27(8-6-19)17(30)31-18(2,3)4)26-15-10-13(20(23,24)25)14(21)9-12(15)16(28)29/h9-11,26H,5-8H2,1-4H3,(H,28,29)/t11-/m0/s1. The van der Waals surface area contributed by atoms with Crippen molar-refractivity contribution in [1.82, 2.24) is 4.90 Å². The van der Waals surface area contributed by atoms with Crippen LogP contribution in [-0.4, -0.2) is 52.5 Å². The first kappa shape index (κ1) is 24.7. The predicted molar refractivity (Wildman–Crippen MR) is 102 cm³/mol. The average molecular weight is 452 g/mol. The largest absolute Gasteiger partial charge is 0.478 e. The normalized spacial score (nSPS) is 17.8. The number of benzene rings is 1. The number of carboxylic acid groups (broad SMARTS) is 1. The van der Waals surface area contributed by atoms with Crippen LogP contribution in [0.3, 0.4) is 0 Å². The van der Waals surface area contributed by atoms with Crippen LogP contribution in [-0.2, 0) is 10.9 Å². The summed E-state index contributed by atoms with van der Waals surface area (Å²) in [5.41, 5.74) is -5.60. The van der Waals surface area contributed by atoms with Crippen molar-refractivity contribution in [1.29, 1.82) is 0 Å². The number of carboxylic acids is 1. The third-order valence-corrected chi connectivity index (χ3v) is 5.04. The van der Waals surface area contributed by atoms with E-state index in [0.717, 1.165) is 0 Å². The van der Waals surface area contributed by atoms with Crippen LogP contribution < -0.4 is 5.32 Å². The molecule has 1 aromatic rings. The van der Waals surface area contributed by atoms with Crippen molar-refractivity contribution in [2.75, 3.05) is 18.4 Å². The van der Waals surface area contributed by atoms with Gasteiger partial charge in [-0.3, -0.25) is 0 Å². The van der Waals surface area contributed by atoms with Gasteiger partial charge in [-0.15, -0.1) is 0 Å². The summed E-state index contributed by atoms with van der Waals surface area (Å²) in [6.07, 6.45) is -5.93. The number of carbonyl (C=O) groups excluding carboxylic acids is 1. The number of hydrogen-bond donors (Lipinski definition) is 2. The summed E-state index contributed by atoms with van der Waals surface area (Å²) in [5, 5.41) is 11.7. The van der Waals surface area contributed by atoms with E-state index in [0.29, 0.717) is 6.07 Å². The Morgan fingerprint density at radius 2 is 1.74 bits per heavy atom. The molecule has 1 aliphatic rings. The Kier molecular flexibility index (Phi) is 6.77. The zero-order valence-corrected chi connectivity index (χ0v) is 17.6. The summed E-state index contributed by atoms with van der Waals surface area (Å²) < 4.78 is 73.6. The van der Waals surface area contributed by atoms with E-state index in [1.165, 1.54) is 11.8 Å². The second-order valence-corrected chi connectivity index (χ2v) is 8.55. The van der Waals surface area contributed by atoms with Crippen molar-refractivity contribution in [3.8, 4) is 0 Å². The molecule has 2 rings (SSSR count). The molecule has 1 amide bonds. The molecule has 31 heavy (non-hydrogen) atoms. The summed E-state index contributed by atoms with van der Waals surface area (Å²) in [5.74, 6) is -3.39. The lowest BCUT2D eigenvalue weighted by Crippen LogP contribution is -2.52. The number of nitrogens with zero attached hydrogens (tertiary/aromatic N) is 1. The zero-order chi connectivity index (χ0) is 23.8. The van der Waals surface area contributed by atoms with Gasteiger partial charge in [0.15, 0.2) is 0 Å². The molecule has 0 bridgehead atoms. The van der Waals surface area contributed by atoms with Crippen LogP contribution in [0.5, 0.6) is 0 Å². The average Bonchev–Trinajstić information content (AvgIpc) is 2.60. The van der Waals surface area contributed by atoms with E-state index in [1.807, 2.05) is 0 Å². The molecular weight excluding hydrogens is 427 g/mol. The third-order valence-electron chi connectivity index (χ3n) is 5.04. The number of hydrogen-bond acceptors (Lipinski definition) is 4. The minimum Gasteiger partial charge on any atom is -0.478 e.